The second kappa shape index (κ2) is 10.3. The highest BCUT2D eigenvalue weighted by atomic mass is 19.4. The number of likely N-dealkylation sites (tertiary alicyclic amines) is 1. The molecule has 2 aliphatic rings. The van der Waals surface area contributed by atoms with Crippen LogP contribution in [-0.4, -0.2) is 60.0 Å². The maximum absolute atomic E-state index is 13.0. The molecule has 2 saturated heterocycles. The average molecular weight is 479 g/mol. The molecule has 0 saturated carbocycles. The van der Waals surface area contributed by atoms with Crippen LogP contribution < -0.4 is 4.74 Å². The number of carbonyl (C=O) groups is 1. The number of carbonyl (C=O) groups excluding carboxylic acids is 1. The molecule has 2 aromatic rings. The van der Waals surface area contributed by atoms with Gasteiger partial charge in [0.2, 0.25) is 5.88 Å². The monoisotopic (exact) mass is 478 g/mol. The van der Waals surface area contributed by atoms with Gasteiger partial charge in [-0.1, -0.05) is 30.3 Å². The molecule has 3 heterocycles. The molecular formula is C25H29F3N2O4. The van der Waals surface area contributed by atoms with Gasteiger partial charge in [-0.2, -0.15) is 13.2 Å². The summed E-state index contributed by atoms with van der Waals surface area (Å²) in [5.74, 6) is -0.377. The molecule has 0 N–H and O–H groups in total. The van der Waals surface area contributed by atoms with Gasteiger partial charge in [0.15, 0.2) is 6.61 Å². The van der Waals surface area contributed by atoms with Crippen molar-refractivity contribution in [2.24, 2.45) is 0 Å². The van der Waals surface area contributed by atoms with E-state index in [2.05, 4.69) is 21.9 Å². The van der Waals surface area contributed by atoms with Crippen molar-refractivity contribution < 1.29 is 32.2 Å². The molecule has 2 aliphatic heterocycles. The van der Waals surface area contributed by atoms with Crippen molar-refractivity contribution in [2.45, 2.75) is 56.6 Å². The van der Waals surface area contributed by atoms with Crippen LogP contribution in [0.2, 0.25) is 0 Å². The van der Waals surface area contributed by atoms with Gasteiger partial charge in [-0.05, 0) is 31.4 Å². The van der Waals surface area contributed by atoms with Crippen LogP contribution in [0.25, 0.3) is 0 Å². The van der Waals surface area contributed by atoms with E-state index >= 15 is 0 Å². The van der Waals surface area contributed by atoms with Crippen molar-refractivity contribution in [2.75, 3.05) is 26.3 Å². The Kier molecular flexibility index (Phi) is 7.42. The Morgan fingerprint density at radius 2 is 1.91 bits per heavy atom. The van der Waals surface area contributed by atoms with Crippen LogP contribution in [0.3, 0.4) is 0 Å². The zero-order valence-corrected chi connectivity index (χ0v) is 19.1. The highest BCUT2D eigenvalue weighted by Crippen LogP contribution is 2.44. The van der Waals surface area contributed by atoms with Crippen molar-refractivity contribution in [3.05, 3.63) is 59.8 Å². The number of nitrogens with zero attached hydrogens (tertiary/aromatic N) is 2. The molecule has 9 heteroatoms. The summed E-state index contributed by atoms with van der Waals surface area (Å²) >= 11 is 0. The fourth-order valence-corrected chi connectivity index (χ4v) is 4.74. The van der Waals surface area contributed by atoms with E-state index in [0.717, 1.165) is 18.4 Å². The number of piperidine rings is 1. The third-order valence-electron chi connectivity index (χ3n) is 6.37. The second-order valence-electron chi connectivity index (χ2n) is 8.80. The van der Waals surface area contributed by atoms with Gasteiger partial charge >= 0.3 is 6.18 Å². The van der Waals surface area contributed by atoms with Crippen LogP contribution in [-0.2, 0) is 9.47 Å². The largest absolute Gasteiger partial charge is 0.468 e. The lowest BCUT2D eigenvalue weighted by Gasteiger charge is -2.48. The summed E-state index contributed by atoms with van der Waals surface area (Å²) in [6.45, 7) is 2.25. The standard InChI is InChI=1S/C25H29F3N2O4/c1-2-32-20-14-21(18-6-4-3-5-7-18)34-24(15-20)10-12-30(13-11-24)23(31)19-8-9-22(29-16-19)33-17-25(26,27)28/h3-9,16,20-21H,2,10-15,17H2,1H3. The second-order valence-corrected chi connectivity index (χ2v) is 8.80. The number of ether oxygens (including phenoxy) is 3. The number of rotatable bonds is 6. The average Bonchev–Trinajstić information content (AvgIpc) is 2.83. The fraction of sp³-hybridized carbons (Fsp3) is 0.520. The highest BCUT2D eigenvalue weighted by molar-refractivity contribution is 5.94. The first-order valence-corrected chi connectivity index (χ1v) is 11.6. The summed E-state index contributed by atoms with van der Waals surface area (Å²) in [6.07, 6.45) is -0.178. The van der Waals surface area contributed by atoms with Gasteiger partial charge in [0, 0.05) is 44.8 Å². The summed E-state index contributed by atoms with van der Waals surface area (Å²) in [4.78, 5) is 18.5. The molecule has 0 radical (unpaired) electrons. The van der Waals surface area contributed by atoms with Gasteiger partial charge in [0.25, 0.3) is 5.91 Å². The fourth-order valence-electron chi connectivity index (χ4n) is 4.74. The molecule has 1 amide bonds. The van der Waals surface area contributed by atoms with E-state index in [9.17, 15) is 18.0 Å². The lowest BCUT2D eigenvalue weighted by atomic mass is 9.80. The van der Waals surface area contributed by atoms with E-state index in [0.29, 0.717) is 38.1 Å². The normalized spacial score (nSPS) is 22.5. The molecular weight excluding hydrogens is 449 g/mol. The smallest absolute Gasteiger partial charge is 0.422 e. The lowest BCUT2D eigenvalue weighted by molar-refractivity contribution is -0.190. The lowest BCUT2D eigenvalue weighted by Crippen LogP contribution is -2.52. The van der Waals surface area contributed by atoms with E-state index in [4.69, 9.17) is 9.47 Å². The van der Waals surface area contributed by atoms with E-state index < -0.39 is 12.8 Å². The van der Waals surface area contributed by atoms with E-state index in [1.165, 1.54) is 18.3 Å². The number of alkyl halides is 3. The maximum atomic E-state index is 13.0. The summed E-state index contributed by atoms with van der Waals surface area (Å²) in [5.41, 5.74) is 1.08. The van der Waals surface area contributed by atoms with Crippen LogP contribution in [0.4, 0.5) is 13.2 Å². The third kappa shape index (κ3) is 6.07. The van der Waals surface area contributed by atoms with Gasteiger partial charge in [-0.3, -0.25) is 4.79 Å². The topological polar surface area (TPSA) is 60.9 Å². The van der Waals surface area contributed by atoms with Crippen molar-refractivity contribution in [1.29, 1.82) is 0 Å². The Morgan fingerprint density at radius 3 is 2.53 bits per heavy atom. The molecule has 2 fully saturated rings. The van der Waals surface area contributed by atoms with Crippen molar-refractivity contribution in [3.8, 4) is 5.88 Å². The molecule has 2 atom stereocenters. The Hall–Kier alpha value is -2.65. The number of aromatic nitrogens is 1. The first-order valence-electron chi connectivity index (χ1n) is 11.6. The Bertz CT molecular complexity index is 945. The highest BCUT2D eigenvalue weighted by Gasteiger charge is 2.45. The van der Waals surface area contributed by atoms with Gasteiger partial charge in [-0.15, -0.1) is 0 Å². The number of hydrogen-bond acceptors (Lipinski definition) is 5. The summed E-state index contributed by atoms with van der Waals surface area (Å²) in [6, 6.07) is 12.9. The molecule has 184 valence electrons. The third-order valence-corrected chi connectivity index (χ3v) is 6.37. The Morgan fingerprint density at radius 1 is 1.18 bits per heavy atom. The van der Waals surface area contributed by atoms with Crippen LogP contribution in [0, 0.1) is 0 Å². The van der Waals surface area contributed by atoms with Crippen LogP contribution in [0.1, 0.15) is 54.6 Å². The molecule has 6 nitrogen and oxygen atoms in total. The number of pyridine rings is 1. The van der Waals surface area contributed by atoms with Crippen LogP contribution >= 0.6 is 0 Å². The number of halogens is 3. The van der Waals surface area contributed by atoms with Crippen molar-refractivity contribution in [3.63, 3.8) is 0 Å². The predicted molar refractivity (Wildman–Crippen MR) is 119 cm³/mol. The van der Waals surface area contributed by atoms with Crippen LogP contribution in [0.15, 0.2) is 48.7 Å². The van der Waals surface area contributed by atoms with Crippen molar-refractivity contribution >= 4 is 5.91 Å². The minimum absolute atomic E-state index is 0.0535. The maximum Gasteiger partial charge on any atom is 0.422 e. The molecule has 2 unspecified atom stereocenters. The Labute approximate surface area is 197 Å². The molecule has 34 heavy (non-hydrogen) atoms. The van der Waals surface area contributed by atoms with E-state index in [1.54, 1.807) is 4.90 Å². The van der Waals surface area contributed by atoms with E-state index in [1.807, 2.05) is 25.1 Å². The van der Waals surface area contributed by atoms with Gasteiger partial charge in [-0.25, -0.2) is 4.98 Å². The summed E-state index contributed by atoms with van der Waals surface area (Å²) in [7, 11) is 0. The molecule has 0 aliphatic carbocycles. The first-order chi connectivity index (χ1) is 16.3. The van der Waals surface area contributed by atoms with Crippen LogP contribution in [0.5, 0.6) is 5.88 Å². The molecule has 1 spiro atoms. The number of amides is 1. The number of benzene rings is 1. The first kappa shape index (κ1) is 24.5. The zero-order valence-electron chi connectivity index (χ0n) is 19.1. The summed E-state index contributed by atoms with van der Waals surface area (Å²) in [5, 5.41) is 0. The molecule has 4 rings (SSSR count). The zero-order chi connectivity index (χ0) is 24.2. The van der Waals surface area contributed by atoms with Crippen molar-refractivity contribution in [1.82, 2.24) is 9.88 Å². The predicted octanol–water partition coefficient (Wildman–Crippen LogP) is 4.95. The van der Waals surface area contributed by atoms with Gasteiger partial charge in [0.1, 0.15) is 0 Å². The molecule has 0 bridgehead atoms. The van der Waals surface area contributed by atoms with Gasteiger partial charge < -0.3 is 19.1 Å². The minimum atomic E-state index is -4.44. The minimum Gasteiger partial charge on any atom is -0.468 e. The van der Waals surface area contributed by atoms with Gasteiger partial charge in [0.05, 0.1) is 23.4 Å². The summed E-state index contributed by atoms with van der Waals surface area (Å²) < 4.78 is 54.2. The van der Waals surface area contributed by atoms with E-state index in [-0.39, 0.29) is 29.6 Å². The Balaban J connectivity index is 1.38. The number of hydrogen-bond donors (Lipinski definition) is 0. The molecule has 1 aromatic heterocycles. The molecule has 1 aromatic carbocycles. The quantitative estimate of drug-likeness (QED) is 0.588. The SMILES string of the molecule is CCOC1CC(c2ccccc2)OC2(CCN(C(=O)c3ccc(OCC(F)(F)F)nc3)CC2)C1.